The van der Waals surface area contributed by atoms with Gasteiger partial charge in [0, 0.05) is 25.5 Å². The number of aromatic nitrogens is 2. The number of furan rings is 1. The van der Waals surface area contributed by atoms with E-state index in [0.717, 1.165) is 11.3 Å². The van der Waals surface area contributed by atoms with Crippen molar-refractivity contribution in [2.75, 3.05) is 13.2 Å². The minimum atomic E-state index is -0.329. The summed E-state index contributed by atoms with van der Waals surface area (Å²) in [5.74, 6) is 0.917. The SMILES string of the molecule is CCOC(=O)CCN(Cc1cccnc1)C(=O)c1sc(-c2ccc(C)o2)nc1C. The molecule has 3 aromatic rings. The van der Waals surface area contributed by atoms with E-state index in [1.54, 1.807) is 31.1 Å². The van der Waals surface area contributed by atoms with Crippen LogP contribution in [-0.2, 0) is 16.1 Å². The number of hydrogen-bond acceptors (Lipinski definition) is 7. The van der Waals surface area contributed by atoms with Crippen LogP contribution in [0.15, 0.2) is 41.1 Å². The number of nitrogens with zero attached hydrogens (tertiary/aromatic N) is 3. The molecule has 8 heteroatoms. The Morgan fingerprint density at radius 1 is 1.24 bits per heavy atom. The smallest absolute Gasteiger partial charge is 0.307 e. The van der Waals surface area contributed by atoms with Crippen LogP contribution in [0.2, 0.25) is 0 Å². The minimum Gasteiger partial charge on any atom is -0.466 e. The van der Waals surface area contributed by atoms with Crippen LogP contribution in [0.3, 0.4) is 0 Å². The summed E-state index contributed by atoms with van der Waals surface area (Å²) < 4.78 is 10.6. The maximum atomic E-state index is 13.3. The Bertz CT molecular complexity index is 981. The van der Waals surface area contributed by atoms with Gasteiger partial charge in [0.25, 0.3) is 5.91 Å². The van der Waals surface area contributed by atoms with Crippen LogP contribution in [0.1, 0.15) is 40.0 Å². The predicted molar refractivity (Wildman–Crippen MR) is 110 cm³/mol. The average molecular weight is 413 g/mol. The Hall–Kier alpha value is -3.00. The number of hydrogen-bond donors (Lipinski definition) is 0. The lowest BCUT2D eigenvalue weighted by atomic mass is 10.2. The van der Waals surface area contributed by atoms with E-state index < -0.39 is 0 Å². The van der Waals surface area contributed by atoms with E-state index in [4.69, 9.17) is 9.15 Å². The zero-order valence-corrected chi connectivity index (χ0v) is 17.5. The molecule has 0 aliphatic heterocycles. The fourth-order valence-corrected chi connectivity index (χ4v) is 3.81. The van der Waals surface area contributed by atoms with Crippen molar-refractivity contribution in [3.8, 4) is 10.8 Å². The Labute approximate surface area is 173 Å². The van der Waals surface area contributed by atoms with Crippen molar-refractivity contribution in [3.05, 3.63) is 58.6 Å². The van der Waals surface area contributed by atoms with Crippen LogP contribution in [0, 0.1) is 13.8 Å². The van der Waals surface area contributed by atoms with E-state index in [9.17, 15) is 9.59 Å². The zero-order chi connectivity index (χ0) is 20.8. The zero-order valence-electron chi connectivity index (χ0n) is 16.7. The van der Waals surface area contributed by atoms with Crippen LogP contribution >= 0.6 is 11.3 Å². The van der Waals surface area contributed by atoms with Gasteiger partial charge in [0.05, 0.1) is 18.7 Å². The second-order valence-electron chi connectivity index (χ2n) is 6.49. The first kappa shape index (κ1) is 20.7. The number of pyridine rings is 1. The molecule has 0 saturated carbocycles. The minimum absolute atomic E-state index is 0.127. The molecule has 0 unspecified atom stereocenters. The molecule has 3 rings (SSSR count). The van der Waals surface area contributed by atoms with Crippen molar-refractivity contribution in [1.82, 2.24) is 14.9 Å². The number of thiazole rings is 1. The van der Waals surface area contributed by atoms with Crippen LogP contribution in [0.4, 0.5) is 0 Å². The maximum absolute atomic E-state index is 13.3. The summed E-state index contributed by atoms with van der Waals surface area (Å²) >= 11 is 1.29. The molecular formula is C21H23N3O4S. The normalized spacial score (nSPS) is 10.7. The van der Waals surface area contributed by atoms with Crippen molar-refractivity contribution in [2.45, 2.75) is 33.7 Å². The molecule has 0 saturated heterocycles. The van der Waals surface area contributed by atoms with Gasteiger partial charge in [-0.2, -0.15) is 0 Å². The van der Waals surface area contributed by atoms with Gasteiger partial charge in [-0.3, -0.25) is 14.6 Å². The molecule has 0 atom stereocenters. The van der Waals surface area contributed by atoms with Gasteiger partial charge in [-0.05, 0) is 44.5 Å². The van der Waals surface area contributed by atoms with E-state index in [2.05, 4.69) is 9.97 Å². The molecule has 0 radical (unpaired) electrons. The summed E-state index contributed by atoms with van der Waals surface area (Å²) in [6, 6.07) is 7.42. The van der Waals surface area contributed by atoms with E-state index >= 15 is 0 Å². The number of ether oxygens (including phenoxy) is 1. The van der Waals surface area contributed by atoms with Crippen molar-refractivity contribution in [2.24, 2.45) is 0 Å². The molecule has 0 fully saturated rings. The maximum Gasteiger partial charge on any atom is 0.307 e. The second kappa shape index (κ2) is 9.47. The monoisotopic (exact) mass is 413 g/mol. The lowest BCUT2D eigenvalue weighted by molar-refractivity contribution is -0.143. The first-order chi connectivity index (χ1) is 14.0. The first-order valence-corrected chi connectivity index (χ1v) is 10.2. The van der Waals surface area contributed by atoms with Crippen LogP contribution in [0.25, 0.3) is 10.8 Å². The lowest BCUT2D eigenvalue weighted by Crippen LogP contribution is -2.32. The van der Waals surface area contributed by atoms with Gasteiger partial charge >= 0.3 is 5.97 Å². The molecule has 7 nitrogen and oxygen atoms in total. The second-order valence-corrected chi connectivity index (χ2v) is 7.49. The van der Waals surface area contributed by atoms with E-state index in [1.165, 1.54) is 11.3 Å². The Morgan fingerprint density at radius 3 is 2.72 bits per heavy atom. The van der Waals surface area contributed by atoms with Gasteiger partial charge in [0.1, 0.15) is 10.6 Å². The van der Waals surface area contributed by atoms with Crippen molar-refractivity contribution < 1.29 is 18.7 Å². The highest BCUT2D eigenvalue weighted by molar-refractivity contribution is 7.17. The number of carbonyl (C=O) groups excluding carboxylic acids is 2. The quantitative estimate of drug-likeness (QED) is 0.519. The summed E-state index contributed by atoms with van der Waals surface area (Å²) in [5, 5.41) is 0.658. The Kier molecular flexibility index (Phi) is 6.77. The molecule has 0 aliphatic rings. The number of rotatable bonds is 8. The van der Waals surface area contributed by atoms with Crippen molar-refractivity contribution in [1.29, 1.82) is 0 Å². The van der Waals surface area contributed by atoms with Crippen molar-refractivity contribution >= 4 is 23.2 Å². The van der Waals surface area contributed by atoms with Crippen LogP contribution in [-0.4, -0.2) is 39.9 Å². The van der Waals surface area contributed by atoms with Crippen LogP contribution in [0.5, 0.6) is 0 Å². The van der Waals surface area contributed by atoms with Gasteiger partial charge < -0.3 is 14.1 Å². The molecule has 152 valence electrons. The van der Waals surface area contributed by atoms with E-state index in [0.29, 0.717) is 34.5 Å². The molecule has 0 N–H and O–H groups in total. The standard InChI is InChI=1S/C21H23N3O4S/c1-4-27-18(25)9-11-24(13-16-6-5-10-22-12-16)21(26)19-15(3)23-20(29-19)17-8-7-14(2)28-17/h5-8,10,12H,4,9,11,13H2,1-3H3. The third kappa shape index (κ3) is 5.29. The molecule has 0 spiro atoms. The fourth-order valence-electron chi connectivity index (χ4n) is 2.82. The summed E-state index contributed by atoms with van der Waals surface area (Å²) in [4.78, 5) is 35.9. The number of carbonyl (C=O) groups is 2. The average Bonchev–Trinajstić information content (AvgIpc) is 3.31. The van der Waals surface area contributed by atoms with E-state index in [-0.39, 0.29) is 24.8 Å². The molecule has 0 bridgehead atoms. The number of amides is 1. The van der Waals surface area contributed by atoms with Crippen LogP contribution < -0.4 is 0 Å². The third-order valence-electron chi connectivity index (χ3n) is 4.22. The number of aryl methyl sites for hydroxylation is 2. The fraction of sp³-hybridized carbons (Fsp3) is 0.333. The topological polar surface area (TPSA) is 85.5 Å². The highest BCUT2D eigenvalue weighted by Crippen LogP contribution is 2.30. The summed E-state index contributed by atoms with van der Waals surface area (Å²) in [5.41, 5.74) is 1.52. The molecular weight excluding hydrogens is 390 g/mol. The number of esters is 1. The molecule has 0 aliphatic carbocycles. The third-order valence-corrected chi connectivity index (χ3v) is 5.38. The Morgan fingerprint density at radius 2 is 2.07 bits per heavy atom. The largest absolute Gasteiger partial charge is 0.466 e. The van der Waals surface area contributed by atoms with Gasteiger partial charge in [-0.25, -0.2) is 4.98 Å². The lowest BCUT2D eigenvalue weighted by Gasteiger charge is -2.22. The molecule has 29 heavy (non-hydrogen) atoms. The summed E-state index contributed by atoms with van der Waals surface area (Å²) in [6.45, 7) is 6.33. The molecule has 3 aromatic heterocycles. The van der Waals surface area contributed by atoms with Gasteiger partial charge in [-0.15, -0.1) is 11.3 Å². The van der Waals surface area contributed by atoms with Gasteiger partial charge in [-0.1, -0.05) is 6.07 Å². The van der Waals surface area contributed by atoms with Gasteiger partial charge in [0.2, 0.25) is 0 Å². The summed E-state index contributed by atoms with van der Waals surface area (Å²) in [6.07, 6.45) is 3.52. The Balaban J connectivity index is 1.83. The first-order valence-electron chi connectivity index (χ1n) is 9.36. The van der Waals surface area contributed by atoms with E-state index in [1.807, 2.05) is 31.2 Å². The highest BCUT2D eigenvalue weighted by Gasteiger charge is 2.24. The predicted octanol–water partition coefficient (Wildman–Crippen LogP) is 4.01. The molecule has 3 heterocycles. The van der Waals surface area contributed by atoms with Crippen molar-refractivity contribution in [3.63, 3.8) is 0 Å². The van der Waals surface area contributed by atoms with Gasteiger partial charge in [0.15, 0.2) is 10.8 Å². The summed E-state index contributed by atoms with van der Waals surface area (Å²) in [7, 11) is 0. The molecule has 0 aromatic carbocycles. The molecule has 1 amide bonds. The highest BCUT2D eigenvalue weighted by atomic mass is 32.1.